The van der Waals surface area contributed by atoms with E-state index in [9.17, 15) is 30.0 Å². The van der Waals surface area contributed by atoms with Crippen molar-refractivity contribution in [3.05, 3.63) is 24.3 Å². The van der Waals surface area contributed by atoms with E-state index in [1.54, 1.807) is 0 Å². The molecule has 1 saturated heterocycles. The Morgan fingerprint density at radius 1 is 0.596 bits per heavy atom. The van der Waals surface area contributed by atoms with Crippen LogP contribution in [0.25, 0.3) is 0 Å². The zero-order valence-corrected chi connectivity index (χ0v) is 32.8. The Balaban J connectivity index is 2.40. The number of hydrogen-bond donors (Lipinski definition) is 4. The Bertz CT molecular complexity index is 907. The molecule has 0 radical (unpaired) electrons. The van der Waals surface area contributed by atoms with Gasteiger partial charge in [0.15, 0.2) is 12.4 Å². The van der Waals surface area contributed by atoms with Gasteiger partial charge in [0.1, 0.15) is 31.0 Å². The monoisotopic (exact) mass is 741 g/mol. The first-order valence-electron chi connectivity index (χ1n) is 20.9. The highest BCUT2D eigenvalue weighted by Gasteiger charge is 2.44. The van der Waals surface area contributed by atoms with Crippen molar-refractivity contribution < 1.29 is 49.0 Å². The third-order valence-electron chi connectivity index (χ3n) is 9.60. The highest BCUT2D eigenvalue weighted by atomic mass is 16.7. The van der Waals surface area contributed by atoms with Gasteiger partial charge in [-0.2, -0.15) is 0 Å². The molecule has 6 atom stereocenters. The van der Waals surface area contributed by atoms with Gasteiger partial charge in [-0.05, 0) is 32.1 Å². The molecule has 10 heteroatoms. The Morgan fingerprint density at radius 3 is 1.67 bits per heavy atom. The van der Waals surface area contributed by atoms with Crippen LogP contribution in [-0.4, -0.2) is 89.0 Å². The summed E-state index contributed by atoms with van der Waals surface area (Å²) in [5.74, 6) is -0.881. The molecule has 10 nitrogen and oxygen atoms in total. The second-order valence-electron chi connectivity index (χ2n) is 14.4. The summed E-state index contributed by atoms with van der Waals surface area (Å²) in [4.78, 5) is 25.2. The maximum Gasteiger partial charge on any atom is 0.306 e. The third-order valence-corrected chi connectivity index (χ3v) is 9.60. The highest BCUT2D eigenvalue weighted by Crippen LogP contribution is 2.22. The minimum Gasteiger partial charge on any atom is -0.462 e. The lowest BCUT2D eigenvalue weighted by Crippen LogP contribution is -2.59. The predicted octanol–water partition coefficient (Wildman–Crippen LogP) is 8.16. The zero-order valence-electron chi connectivity index (χ0n) is 32.8. The van der Waals surface area contributed by atoms with Crippen molar-refractivity contribution in [2.45, 2.75) is 211 Å². The fourth-order valence-corrected chi connectivity index (χ4v) is 6.24. The maximum absolute atomic E-state index is 12.7. The summed E-state index contributed by atoms with van der Waals surface area (Å²) in [6.45, 7) is 3.35. The summed E-state index contributed by atoms with van der Waals surface area (Å²) in [6, 6.07) is 0. The van der Waals surface area contributed by atoms with Crippen molar-refractivity contribution in [1.29, 1.82) is 0 Å². The lowest BCUT2D eigenvalue weighted by molar-refractivity contribution is -0.305. The molecule has 0 aliphatic carbocycles. The van der Waals surface area contributed by atoms with Crippen LogP contribution in [0.1, 0.15) is 174 Å². The first-order chi connectivity index (χ1) is 25.3. The molecule has 1 aliphatic heterocycles. The van der Waals surface area contributed by atoms with E-state index in [2.05, 4.69) is 26.0 Å². The molecule has 1 rings (SSSR count). The number of carbonyl (C=O) groups is 2. The molecular weight excluding hydrogens is 664 g/mol. The molecular formula is C42H76O10. The van der Waals surface area contributed by atoms with Crippen LogP contribution in [0, 0.1) is 0 Å². The van der Waals surface area contributed by atoms with Crippen molar-refractivity contribution in [1.82, 2.24) is 0 Å². The second-order valence-corrected chi connectivity index (χ2v) is 14.4. The van der Waals surface area contributed by atoms with Crippen LogP contribution in [-0.2, 0) is 28.5 Å². The summed E-state index contributed by atoms with van der Waals surface area (Å²) in [5.41, 5.74) is 0. The summed E-state index contributed by atoms with van der Waals surface area (Å²) in [5, 5.41) is 39.9. The van der Waals surface area contributed by atoms with Crippen LogP contribution in [0.3, 0.4) is 0 Å². The van der Waals surface area contributed by atoms with E-state index >= 15 is 0 Å². The molecule has 0 amide bonds. The Kier molecular flexibility index (Phi) is 31.3. The van der Waals surface area contributed by atoms with Gasteiger partial charge in [-0.3, -0.25) is 9.59 Å². The Morgan fingerprint density at radius 2 is 1.12 bits per heavy atom. The quantitative estimate of drug-likeness (QED) is 0.0289. The molecule has 1 fully saturated rings. The lowest BCUT2D eigenvalue weighted by atomic mass is 9.99. The van der Waals surface area contributed by atoms with Crippen LogP contribution in [0.2, 0.25) is 0 Å². The molecule has 304 valence electrons. The Hall–Kier alpha value is -1.82. The van der Waals surface area contributed by atoms with Gasteiger partial charge in [-0.25, -0.2) is 0 Å². The molecule has 4 N–H and O–H groups in total. The van der Waals surface area contributed by atoms with E-state index in [1.165, 1.54) is 109 Å². The predicted molar refractivity (Wildman–Crippen MR) is 206 cm³/mol. The first-order valence-corrected chi connectivity index (χ1v) is 20.9. The topological polar surface area (TPSA) is 152 Å². The van der Waals surface area contributed by atoms with Crippen LogP contribution < -0.4 is 0 Å². The van der Waals surface area contributed by atoms with Crippen molar-refractivity contribution in [2.24, 2.45) is 0 Å². The van der Waals surface area contributed by atoms with Gasteiger partial charge >= 0.3 is 11.9 Å². The average Bonchev–Trinajstić information content (AvgIpc) is 3.14. The minimum atomic E-state index is -1.60. The van der Waals surface area contributed by atoms with Gasteiger partial charge < -0.3 is 39.4 Å². The van der Waals surface area contributed by atoms with E-state index in [0.717, 1.165) is 32.1 Å². The van der Waals surface area contributed by atoms with Gasteiger partial charge in [0.25, 0.3) is 0 Å². The smallest absolute Gasteiger partial charge is 0.306 e. The van der Waals surface area contributed by atoms with E-state index in [4.69, 9.17) is 18.9 Å². The summed E-state index contributed by atoms with van der Waals surface area (Å²) in [6.07, 6.45) is 27.7. The molecule has 0 spiro atoms. The number of ether oxygens (including phenoxy) is 4. The lowest BCUT2D eigenvalue weighted by Gasteiger charge is -2.39. The van der Waals surface area contributed by atoms with Gasteiger partial charge in [0.05, 0.1) is 13.2 Å². The number of esters is 2. The van der Waals surface area contributed by atoms with Crippen LogP contribution in [0.4, 0.5) is 0 Å². The van der Waals surface area contributed by atoms with E-state index < -0.39 is 49.4 Å². The molecule has 0 saturated carbocycles. The fourth-order valence-electron chi connectivity index (χ4n) is 6.24. The van der Waals surface area contributed by atoms with Crippen LogP contribution >= 0.6 is 0 Å². The third kappa shape index (κ3) is 25.2. The van der Waals surface area contributed by atoms with Crippen molar-refractivity contribution in [3.8, 4) is 0 Å². The van der Waals surface area contributed by atoms with Gasteiger partial charge in [0, 0.05) is 12.8 Å². The standard InChI is InChI=1S/C42H76O10/c1-3-5-7-9-11-13-15-17-19-20-22-24-26-28-30-37(44)49-33-35(34-50-42-41(48)40(47)39(46)36(32-43)52-42)51-38(45)31-29-27-25-23-21-18-16-14-12-10-8-6-4-2/h18,21,25,27,35-36,39-43,46-48H,3-17,19-20,22-24,26,28-34H2,1-2H3/b21-18+,27-25+/t35?,36-,39+,40?,41?,42-/m0/s1. The zero-order chi connectivity index (χ0) is 38.1. The van der Waals surface area contributed by atoms with Gasteiger partial charge in [0.2, 0.25) is 0 Å². The largest absolute Gasteiger partial charge is 0.462 e. The second kappa shape index (κ2) is 33.7. The molecule has 0 aromatic heterocycles. The number of allylic oxidation sites excluding steroid dienone is 4. The number of carbonyl (C=O) groups excluding carboxylic acids is 2. The number of aliphatic hydroxyl groups is 4. The molecule has 0 aromatic carbocycles. The number of aliphatic hydroxyl groups excluding tert-OH is 4. The summed E-state index contributed by atoms with van der Waals surface area (Å²) >= 11 is 0. The Labute approximate surface area is 315 Å². The van der Waals surface area contributed by atoms with Gasteiger partial charge in [-0.15, -0.1) is 0 Å². The molecule has 1 aliphatic rings. The molecule has 1 heterocycles. The van der Waals surface area contributed by atoms with Crippen molar-refractivity contribution in [2.75, 3.05) is 19.8 Å². The number of rotatable bonds is 34. The van der Waals surface area contributed by atoms with Crippen molar-refractivity contribution in [3.63, 3.8) is 0 Å². The van der Waals surface area contributed by atoms with E-state index in [1.807, 2.05) is 12.2 Å². The SMILES string of the molecule is CCCCCCCC/C=C/C/C=C/CCC(=O)OC(COC(=O)CCCCCCCCCCCCCCCC)CO[C@H]1O[C@@H](CO)[C@@H](O)C(O)C1O. The molecule has 52 heavy (non-hydrogen) atoms. The van der Waals surface area contributed by atoms with Crippen molar-refractivity contribution >= 4 is 11.9 Å². The van der Waals surface area contributed by atoms with E-state index in [-0.39, 0.29) is 32.0 Å². The minimum absolute atomic E-state index is 0.127. The highest BCUT2D eigenvalue weighted by molar-refractivity contribution is 5.70. The normalized spacial score (nSPS) is 21.2. The fraction of sp³-hybridized carbons (Fsp3) is 0.857. The van der Waals surface area contributed by atoms with Crippen LogP contribution in [0.15, 0.2) is 24.3 Å². The summed E-state index contributed by atoms with van der Waals surface area (Å²) in [7, 11) is 0. The average molecular weight is 741 g/mol. The van der Waals surface area contributed by atoms with Crippen LogP contribution in [0.5, 0.6) is 0 Å². The first kappa shape index (κ1) is 48.2. The molecule has 3 unspecified atom stereocenters. The van der Waals surface area contributed by atoms with Gasteiger partial charge in [-0.1, -0.05) is 154 Å². The maximum atomic E-state index is 12.7. The summed E-state index contributed by atoms with van der Waals surface area (Å²) < 4.78 is 22.0. The molecule has 0 aromatic rings. The molecule has 0 bridgehead atoms. The number of unbranched alkanes of at least 4 members (excludes halogenated alkanes) is 19. The van der Waals surface area contributed by atoms with E-state index in [0.29, 0.717) is 6.42 Å². The number of hydrogen-bond acceptors (Lipinski definition) is 10.